The average molecular weight is 341 g/mol. The van der Waals surface area contributed by atoms with Crippen molar-refractivity contribution in [2.75, 3.05) is 18.1 Å². The number of nitrogens with zero attached hydrogens (tertiary/aromatic N) is 1. The van der Waals surface area contributed by atoms with E-state index < -0.39 is 17.4 Å². The van der Waals surface area contributed by atoms with E-state index in [9.17, 15) is 9.59 Å². The molecule has 1 aromatic rings. The topological polar surface area (TPSA) is 55.8 Å². The molecule has 5 nitrogen and oxygen atoms in total. The maximum atomic E-state index is 13.1. The Kier molecular flexibility index (Phi) is 3.72. The Hall–Kier alpha value is -2.14. The molecule has 0 N–H and O–H groups in total. The zero-order valence-corrected chi connectivity index (χ0v) is 14.8. The minimum Gasteiger partial charge on any atom is -0.465 e. The Bertz CT molecular complexity index is 756. The summed E-state index contributed by atoms with van der Waals surface area (Å²) in [5, 5.41) is 0. The van der Waals surface area contributed by atoms with E-state index in [4.69, 9.17) is 9.47 Å². The van der Waals surface area contributed by atoms with Gasteiger partial charge in [-0.25, -0.2) is 0 Å². The van der Waals surface area contributed by atoms with Crippen LogP contribution >= 0.6 is 0 Å². The predicted molar refractivity (Wildman–Crippen MR) is 93.1 cm³/mol. The van der Waals surface area contributed by atoms with Crippen molar-refractivity contribution < 1.29 is 19.1 Å². The third-order valence-corrected chi connectivity index (χ3v) is 5.24. The van der Waals surface area contributed by atoms with Crippen molar-refractivity contribution in [2.24, 2.45) is 17.8 Å². The number of carbonyl (C=O) groups is 2. The lowest BCUT2D eigenvalue weighted by atomic mass is 9.77. The number of amides is 1. The van der Waals surface area contributed by atoms with Gasteiger partial charge in [-0.3, -0.25) is 9.59 Å². The molecule has 1 amide bonds. The van der Waals surface area contributed by atoms with Gasteiger partial charge in [-0.15, -0.1) is 0 Å². The van der Waals surface area contributed by atoms with Gasteiger partial charge in [0.1, 0.15) is 11.5 Å². The van der Waals surface area contributed by atoms with E-state index in [1.165, 1.54) is 0 Å². The van der Waals surface area contributed by atoms with E-state index in [-0.39, 0.29) is 23.9 Å². The fourth-order valence-corrected chi connectivity index (χ4v) is 4.13. The van der Waals surface area contributed by atoms with Crippen LogP contribution in [-0.4, -0.2) is 36.7 Å². The molecule has 4 rings (SSSR count). The molecular weight excluding hydrogens is 318 g/mol. The summed E-state index contributed by atoms with van der Waals surface area (Å²) in [6, 6.07) is 7.84. The number of rotatable bonds is 4. The van der Waals surface area contributed by atoms with E-state index in [1.54, 1.807) is 4.90 Å². The molecule has 3 heterocycles. The predicted octanol–water partition coefficient (Wildman–Crippen LogP) is 2.48. The molecule has 4 atom stereocenters. The fourth-order valence-electron chi connectivity index (χ4n) is 4.13. The van der Waals surface area contributed by atoms with Gasteiger partial charge in [0.25, 0.3) is 0 Å². The van der Waals surface area contributed by atoms with Crippen molar-refractivity contribution in [1.82, 2.24) is 0 Å². The van der Waals surface area contributed by atoms with Crippen LogP contribution in [-0.2, 0) is 19.1 Å². The summed E-state index contributed by atoms with van der Waals surface area (Å²) in [5.74, 6) is -1.16. The summed E-state index contributed by atoms with van der Waals surface area (Å²) >= 11 is 0. The molecule has 132 valence electrons. The number of esters is 1. The van der Waals surface area contributed by atoms with E-state index in [1.807, 2.05) is 57.2 Å². The molecule has 1 aromatic carbocycles. The van der Waals surface area contributed by atoms with Gasteiger partial charge in [0.05, 0.1) is 25.2 Å². The lowest BCUT2D eigenvalue weighted by Gasteiger charge is -2.23. The Morgan fingerprint density at radius 2 is 2.24 bits per heavy atom. The smallest absolute Gasteiger partial charge is 0.312 e. The number of aryl methyl sites for hydroxylation is 1. The van der Waals surface area contributed by atoms with Gasteiger partial charge in [0.15, 0.2) is 0 Å². The van der Waals surface area contributed by atoms with Gasteiger partial charge in [-0.2, -0.15) is 0 Å². The molecule has 0 aliphatic carbocycles. The minimum absolute atomic E-state index is 0.0519. The second-order valence-corrected chi connectivity index (χ2v) is 7.69. The first-order valence-electron chi connectivity index (χ1n) is 8.83. The zero-order chi connectivity index (χ0) is 17.8. The molecule has 5 heteroatoms. The highest BCUT2D eigenvalue weighted by atomic mass is 16.6. The second kappa shape index (κ2) is 5.70. The normalized spacial score (nSPS) is 32.6. The number of benzene rings is 1. The van der Waals surface area contributed by atoms with Crippen LogP contribution in [0.3, 0.4) is 0 Å². The molecule has 0 saturated carbocycles. The van der Waals surface area contributed by atoms with E-state index >= 15 is 0 Å². The zero-order valence-electron chi connectivity index (χ0n) is 14.8. The Morgan fingerprint density at radius 3 is 2.96 bits per heavy atom. The molecule has 3 aliphatic rings. The molecular formula is C20H23NO4. The Balaban J connectivity index is 1.62. The molecule has 2 fully saturated rings. The highest BCUT2D eigenvalue weighted by Crippen LogP contribution is 2.52. The first-order valence-corrected chi connectivity index (χ1v) is 8.83. The van der Waals surface area contributed by atoms with E-state index in [0.717, 1.165) is 11.3 Å². The van der Waals surface area contributed by atoms with Crippen molar-refractivity contribution >= 4 is 17.6 Å². The second-order valence-electron chi connectivity index (χ2n) is 7.69. The van der Waals surface area contributed by atoms with Crippen LogP contribution in [0.5, 0.6) is 0 Å². The maximum Gasteiger partial charge on any atom is 0.312 e. The molecule has 0 radical (unpaired) electrons. The number of hydrogen-bond donors (Lipinski definition) is 0. The van der Waals surface area contributed by atoms with Crippen molar-refractivity contribution in [1.29, 1.82) is 0 Å². The van der Waals surface area contributed by atoms with Gasteiger partial charge < -0.3 is 14.4 Å². The van der Waals surface area contributed by atoms with Crippen LogP contribution in [0, 0.1) is 24.7 Å². The first kappa shape index (κ1) is 16.3. The van der Waals surface area contributed by atoms with Crippen LogP contribution in [0.15, 0.2) is 36.4 Å². The highest BCUT2D eigenvalue weighted by molar-refractivity contribution is 6.02. The number of hydrogen-bond acceptors (Lipinski definition) is 4. The molecule has 3 aliphatic heterocycles. The van der Waals surface area contributed by atoms with Crippen LogP contribution in [0.25, 0.3) is 0 Å². The highest BCUT2D eigenvalue weighted by Gasteiger charge is 2.67. The molecule has 25 heavy (non-hydrogen) atoms. The summed E-state index contributed by atoms with van der Waals surface area (Å²) < 4.78 is 11.5. The number of fused-ring (bicyclic) bond motifs is 1. The first-order chi connectivity index (χ1) is 11.9. The third kappa shape index (κ3) is 2.49. The van der Waals surface area contributed by atoms with Crippen molar-refractivity contribution in [3.05, 3.63) is 42.0 Å². The summed E-state index contributed by atoms with van der Waals surface area (Å²) in [5.41, 5.74) is 1.24. The van der Waals surface area contributed by atoms with E-state index in [0.29, 0.717) is 13.2 Å². The van der Waals surface area contributed by atoms with Gasteiger partial charge in [-0.1, -0.05) is 38.1 Å². The van der Waals surface area contributed by atoms with Crippen LogP contribution in [0.2, 0.25) is 0 Å². The van der Waals surface area contributed by atoms with Crippen molar-refractivity contribution in [3.8, 4) is 0 Å². The van der Waals surface area contributed by atoms with Gasteiger partial charge in [-0.05, 0) is 30.5 Å². The minimum atomic E-state index is -0.701. The lowest BCUT2D eigenvalue weighted by Crippen LogP contribution is -2.40. The standard InChI is InChI=1S/C20H23NO4/c1-12(2)10-24-19(23)16-15-7-8-20(25-15)11-21(18(22)17(16)20)14-6-4-5-13(3)9-14/h4-9,12,15-17H,10-11H2,1-3H3/t15-,16-,17-,20+/m1/s1. The van der Waals surface area contributed by atoms with Crippen LogP contribution in [0.4, 0.5) is 5.69 Å². The van der Waals surface area contributed by atoms with E-state index in [2.05, 4.69) is 0 Å². The number of carbonyl (C=O) groups excluding carboxylic acids is 2. The number of anilines is 1. The fraction of sp³-hybridized carbons (Fsp3) is 0.500. The number of ether oxygens (including phenoxy) is 2. The molecule has 2 bridgehead atoms. The monoisotopic (exact) mass is 341 g/mol. The summed E-state index contributed by atoms with van der Waals surface area (Å²) in [6.45, 7) is 6.79. The quantitative estimate of drug-likeness (QED) is 0.624. The van der Waals surface area contributed by atoms with Gasteiger partial charge >= 0.3 is 5.97 Å². The summed E-state index contributed by atoms with van der Waals surface area (Å²) in [4.78, 5) is 27.5. The SMILES string of the molecule is Cc1cccc(N2C[C@]34C=C[C@@H](O3)[C@@H](C(=O)OCC(C)C)[C@@H]4C2=O)c1. The molecule has 2 saturated heterocycles. The van der Waals surface area contributed by atoms with Crippen LogP contribution in [0.1, 0.15) is 19.4 Å². The summed E-state index contributed by atoms with van der Waals surface area (Å²) in [7, 11) is 0. The summed E-state index contributed by atoms with van der Waals surface area (Å²) in [6.07, 6.45) is 3.51. The maximum absolute atomic E-state index is 13.1. The van der Waals surface area contributed by atoms with Crippen molar-refractivity contribution in [2.45, 2.75) is 32.5 Å². The molecule has 0 unspecified atom stereocenters. The largest absolute Gasteiger partial charge is 0.465 e. The third-order valence-electron chi connectivity index (χ3n) is 5.24. The molecule has 1 spiro atoms. The van der Waals surface area contributed by atoms with Gasteiger partial charge in [0, 0.05) is 5.69 Å². The van der Waals surface area contributed by atoms with Crippen LogP contribution < -0.4 is 4.90 Å². The Labute approximate surface area is 147 Å². The van der Waals surface area contributed by atoms with Gasteiger partial charge in [0.2, 0.25) is 5.91 Å². The molecule has 0 aromatic heterocycles. The Morgan fingerprint density at radius 1 is 1.44 bits per heavy atom. The average Bonchev–Trinajstić information content (AvgIpc) is 3.21. The lowest BCUT2D eigenvalue weighted by molar-refractivity contribution is -0.153. The van der Waals surface area contributed by atoms with Crippen molar-refractivity contribution in [3.63, 3.8) is 0 Å².